The molecule has 2 heteroatoms. The van der Waals surface area contributed by atoms with E-state index in [1.807, 2.05) is 6.92 Å². The van der Waals surface area contributed by atoms with Gasteiger partial charge in [-0.1, -0.05) is 40.0 Å². The smallest absolute Gasteiger partial charge is 0.152 e. The molecule has 0 amide bonds. The maximum Gasteiger partial charge on any atom is 0.152 e. The highest BCUT2D eigenvalue weighted by Gasteiger charge is 2.18. The Hall–Kier alpha value is -0.370. The summed E-state index contributed by atoms with van der Waals surface area (Å²) >= 11 is 0. The van der Waals surface area contributed by atoms with Gasteiger partial charge >= 0.3 is 0 Å². The van der Waals surface area contributed by atoms with Crippen LogP contribution in [-0.2, 0) is 4.79 Å². The van der Waals surface area contributed by atoms with Crippen molar-refractivity contribution in [1.82, 2.24) is 0 Å². The molecule has 0 fully saturated rings. The molecular formula is C11H23NO. The average Bonchev–Trinajstić information content (AvgIpc) is 2.13. The summed E-state index contributed by atoms with van der Waals surface area (Å²) < 4.78 is 0. The monoisotopic (exact) mass is 185 g/mol. The van der Waals surface area contributed by atoms with Crippen LogP contribution in [0.3, 0.4) is 0 Å². The number of ketones is 1. The quantitative estimate of drug-likeness (QED) is 0.662. The number of rotatable bonds is 7. The maximum absolute atomic E-state index is 11.6. The summed E-state index contributed by atoms with van der Waals surface area (Å²) in [6.45, 7) is 6.20. The van der Waals surface area contributed by atoms with Crippen molar-refractivity contribution in [3.63, 3.8) is 0 Å². The van der Waals surface area contributed by atoms with E-state index in [-0.39, 0.29) is 17.7 Å². The standard InChI is InChI=1S/C11H23NO/c1-4-6-8-10(12)11(13)9(3)7-5-2/h9-10H,4-8,12H2,1-3H3. The first-order valence-electron chi connectivity index (χ1n) is 5.42. The van der Waals surface area contributed by atoms with Crippen molar-refractivity contribution in [3.05, 3.63) is 0 Å². The van der Waals surface area contributed by atoms with E-state index in [1.54, 1.807) is 0 Å². The second-order valence-electron chi connectivity index (χ2n) is 3.84. The van der Waals surface area contributed by atoms with E-state index in [0.717, 1.165) is 32.1 Å². The fraction of sp³-hybridized carbons (Fsp3) is 0.909. The van der Waals surface area contributed by atoms with Crippen LogP contribution in [0.5, 0.6) is 0 Å². The van der Waals surface area contributed by atoms with Crippen LogP contribution >= 0.6 is 0 Å². The molecule has 0 aliphatic rings. The fourth-order valence-electron chi connectivity index (χ4n) is 1.51. The van der Waals surface area contributed by atoms with E-state index in [1.165, 1.54) is 0 Å². The van der Waals surface area contributed by atoms with E-state index in [0.29, 0.717) is 0 Å². The first-order chi connectivity index (χ1) is 6.13. The molecule has 0 saturated carbocycles. The molecule has 0 heterocycles. The summed E-state index contributed by atoms with van der Waals surface area (Å²) in [6, 6.07) is -0.221. The third-order valence-corrected chi connectivity index (χ3v) is 2.44. The van der Waals surface area contributed by atoms with Crippen molar-refractivity contribution in [2.45, 2.75) is 58.9 Å². The Balaban J connectivity index is 3.79. The molecule has 0 aromatic rings. The summed E-state index contributed by atoms with van der Waals surface area (Å²) in [5.41, 5.74) is 5.78. The van der Waals surface area contributed by atoms with Gasteiger partial charge in [-0.3, -0.25) is 4.79 Å². The Kier molecular flexibility index (Phi) is 6.87. The summed E-state index contributed by atoms with van der Waals surface area (Å²) in [4.78, 5) is 11.6. The first kappa shape index (κ1) is 12.6. The molecule has 13 heavy (non-hydrogen) atoms. The molecular weight excluding hydrogens is 162 g/mol. The molecule has 0 spiro atoms. The van der Waals surface area contributed by atoms with Gasteiger partial charge < -0.3 is 5.73 Å². The SMILES string of the molecule is CCCCC(N)C(=O)C(C)CCC. The predicted molar refractivity (Wildman–Crippen MR) is 56.6 cm³/mol. The zero-order valence-corrected chi connectivity index (χ0v) is 9.18. The van der Waals surface area contributed by atoms with Gasteiger partial charge in [0.25, 0.3) is 0 Å². The molecule has 0 aliphatic carbocycles. The third kappa shape index (κ3) is 5.04. The molecule has 0 aliphatic heterocycles. The molecule has 78 valence electrons. The van der Waals surface area contributed by atoms with E-state index in [2.05, 4.69) is 13.8 Å². The second kappa shape index (κ2) is 7.07. The second-order valence-corrected chi connectivity index (χ2v) is 3.84. The van der Waals surface area contributed by atoms with Crippen LogP contribution in [0.4, 0.5) is 0 Å². The van der Waals surface area contributed by atoms with Crippen molar-refractivity contribution in [1.29, 1.82) is 0 Å². The maximum atomic E-state index is 11.6. The van der Waals surface area contributed by atoms with Crippen molar-refractivity contribution in [2.24, 2.45) is 11.7 Å². The van der Waals surface area contributed by atoms with Crippen molar-refractivity contribution >= 4 is 5.78 Å². The Morgan fingerprint density at radius 2 is 1.85 bits per heavy atom. The zero-order chi connectivity index (χ0) is 10.3. The minimum Gasteiger partial charge on any atom is -0.321 e. The molecule has 0 rings (SSSR count). The average molecular weight is 185 g/mol. The number of unbranched alkanes of at least 4 members (excludes halogenated alkanes) is 1. The Morgan fingerprint density at radius 3 is 2.31 bits per heavy atom. The molecule has 2 nitrogen and oxygen atoms in total. The number of Topliss-reactive ketones (excluding diaryl/α,β-unsaturated/α-hetero) is 1. The van der Waals surface area contributed by atoms with Crippen LogP contribution in [-0.4, -0.2) is 11.8 Å². The van der Waals surface area contributed by atoms with E-state index in [4.69, 9.17) is 5.73 Å². The highest BCUT2D eigenvalue weighted by Crippen LogP contribution is 2.11. The zero-order valence-electron chi connectivity index (χ0n) is 9.18. The minimum absolute atomic E-state index is 0.150. The summed E-state index contributed by atoms with van der Waals surface area (Å²) in [6.07, 6.45) is 5.06. The lowest BCUT2D eigenvalue weighted by Crippen LogP contribution is -2.34. The number of hydrogen-bond acceptors (Lipinski definition) is 2. The predicted octanol–water partition coefficient (Wildman–Crippen LogP) is 2.51. The molecule has 2 unspecified atom stereocenters. The van der Waals surface area contributed by atoms with Crippen molar-refractivity contribution < 1.29 is 4.79 Å². The highest BCUT2D eigenvalue weighted by atomic mass is 16.1. The van der Waals surface area contributed by atoms with Crippen LogP contribution < -0.4 is 5.73 Å². The van der Waals surface area contributed by atoms with Gasteiger partial charge in [-0.25, -0.2) is 0 Å². The number of hydrogen-bond donors (Lipinski definition) is 1. The van der Waals surface area contributed by atoms with Crippen molar-refractivity contribution in [3.8, 4) is 0 Å². The largest absolute Gasteiger partial charge is 0.321 e. The molecule has 0 radical (unpaired) electrons. The molecule has 2 atom stereocenters. The van der Waals surface area contributed by atoms with Gasteiger partial charge in [-0.2, -0.15) is 0 Å². The Bertz CT molecular complexity index is 145. The van der Waals surface area contributed by atoms with Crippen LogP contribution in [0.1, 0.15) is 52.9 Å². The highest BCUT2D eigenvalue weighted by molar-refractivity contribution is 5.85. The van der Waals surface area contributed by atoms with E-state index < -0.39 is 0 Å². The summed E-state index contributed by atoms with van der Waals surface area (Å²) in [5, 5.41) is 0. The molecule has 0 aromatic carbocycles. The van der Waals surface area contributed by atoms with Gasteiger partial charge in [-0.15, -0.1) is 0 Å². The normalized spacial score (nSPS) is 15.4. The molecule has 0 aromatic heterocycles. The number of carbonyl (C=O) groups is 1. The number of carbonyl (C=O) groups excluding carboxylic acids is 1. The Morgan fingerprint density at radius 1 is 1.23 bits per heavy atom. The molecule has 2 N–H and O–H groups in total. The van der Waals surface area contributed by atoms with Crippen molar-refractivity contribution in [2.75, 3.05) is 0 Å². The van der Waals surface area contributed by atoms with Crippen LogP contribution in [0.15, 0.2) is 0 Å². The fourth-order valence-corrected chi connectivity index (χ4v) is 1.51. The first-order valence-corrected chi connectivity index (χ1v) is 5.42. The lowest BCUT2D eigenvalue weighted by atomic mass is 9.93. The Labute approximate surface area is 81.9 Å². The number of nitrogens with two attached hydrogens (primary N) is 1. The summed E-state index contributed by atoms with van der Waals surface area (Å²) in [5.74, 6) is 0.396. The summed E-state index contributed by atoms with van der Waals surface area (Å²) in [7, 11) is 0. The van der Waals surface area contributed by atoms with Crippen LogP contribution in [0.2, 0.25) is 0 Å². The minimum atomic E-state index is -0.221. The topological polar surface area (TPSA) is 43.1 Å². The van der Waals surface area contributed by atoms with Gasteiger partial charge in [0.1, 0.15) is 0 Å². The van der Waals surface area contributed by atoms with Gasteiger partial charge in [0.05, 0.1) is 6.04 Å². The van der Waals surface area contributed by atoms with Gasteiger partial charge in [-0.05, 0) is 12.8 Å². The van der Waals surface area contributed by atoms with Crippen LogP contribution in [0, 0.1) is 5.92 Å². The molecule has 0 saturated heterocycles. The van der Waals surface area contributed by atoms with Gasteiger partial charge in [0, 0.05) is 5.92 Å². The van der Waals surface area contributed by atoms with Gasteiger partial charge in [0.15, 0.2) is 5.78 Å². The lowest BCUT2D eigenvalue weighted by molar-refractivity contribution is -0.124. The lowest BCUT2D eigenvalue weighted by Gasteiger charge is -2.14. The van der Waals surface area contributed by atoms with Gasteiger partial charge in [0.2, 0.25) is 0 Å². The van der Waals surface area contributed by atoms with Crippen LogP contribution in [0.25, 0.3) is 0 Å². The van der Waals surface area contributed by atoms with E-state index in [9.17, 15) is 4.79 Å². The van der Waals surface area contributed by atoms with E-state index >= 15 is 0 Å². The molecule has 0 bridgehead atoms. The third-order valence-electron chi connectivity index (χ3n) is 2.44.